The van der Waals surface area contributed by atoms with E-state index in [4.69, 9.17) is 9.47 Å². The van der Waals surface area contributed by atoms with E-state index in [1.807, 2.05) is 69.3 Å². The number of rotatable bonds is 8. The molecule has 0 spiro atoms. The maximum Gasteiger partial charge on any atom is 0.410 e. The number of amides is 2. The van der Waals surface area contributed by atoms with Crippen LogP contribution in [0.5, 0.6) is 0 Å². The van der Waals surface area contributed by atoms with Crippen LogP contribution in [-0.2, 0) is 19.1 Å². The van der Waals surface area contributed by atoms with Gasteiger partial charge in [-0.2, -0.15) is 0 Å². The lowest BCUT2D eigenvalue weighted by Gasteiger charge is -2.25. The Balaban J connectivity index is 1.60. The molecule has 1 atom stereocenters. The first kappa shape index (κ1) is 24.3. The van der Waals surface area contributed by atoms with Crippen LogP contribution in [0.2, 0.25) is 0 Å². The summed E-state index contributed by atoms with van der Waals surface area (Å²) >= 11 is 0. The number of ether oxygens (including phenoxy) is 2. The zero-order valence-corrected chi connectivity index (χ0v) is 19.3. The fraction of sp³-hybridized carbons (Fsp3) is 0.400. The first-order valence-corrected chi connectivity index (χ1v) is 10.8. The molecule has 2 amide bonds. The van der Waals surface area contributed by atoms with Crippen molar-refractivity contribution in [1.82, 2.24) is 10.2 Å². The Morgan fingerprint density at radius 3 is 2.09 bits per heavy atom. The lowest BCUT2D eigenvalue weighted by Crippen LogP contribution is -2.47. The molecule has 0 fully saturated rings. The molecule has 0 saturated carbocycles. The molecular formula is C25H30N2O6. The Morgan fingerprint density at radius 2 is 1.58 bits per heavy atom. The Morgan fingerprint density at radius 1 is 1.03 bits per heavy atom. The van der Waals surface area contributed by atoms with Gasteiger partial charge >= 0.3 is 12.1 Å². The van der Waals surface area contributed by atoms with E-state index >= 15 is 0 Å². The molecule has 0 aliphatic heterocycles. The van der Waals surface area contributed by atoms with Crippen molar-refractivity contribution in [2.45, 2.75) is 38.3 Å². The number of carbonyl (C=O) groups is 3. The second kappa shape index (κ2) is 10.0. The first-order chi connectivity index (χ1) is 15.6. The van der Waals surface area contributed by atoms with E-state index in [-0.39, 0.29) is 31.6 Å². The fourth-order valence-electron chi connectivity index (χ4n) is 3.89. The highest BCUT2D eigenvalue weighted by atomic mass is 16.6. The maximum atomic E-state index is 12.7. The quantitative estimate of drug-likeness (QED) is 0.634. The molecule has 0 heterocycles. The van der Waals surface area contributed by atoms with E-state index in [1.54, 1.807) is 0 Å². The minimum atomic E-state index is -1.29. The number of hydrogen-bond acceptors (Lipinski definition) is 5. The number of nitrogens with one attached hydrogen (secondary N) is 1. The number of hydrogen-bond donors (Lipinski definition) is 2. The zero-order valence-electron chi connectivity index (χ0n) is 19.3. The smallest absolute Gasteiger partial charge is 0.410 e. The molecule has 2 aromatic rings. The summed E-state index contributed by atoms with van der Waals surface area (Å²) in [4.78, 5) is 37.2. The molecule has 2 N–H and O–H groups in total. The molecule has 8 heteroatoms. The number of nitrogens with zero attached hydrogens (tertiary/aromatic N) is 1. The van der Waals surface area contributed by atoms with Gasteiger partial charge in [0.15, 0.2) is 6.04 Å². The van der Waals surface area contributed by atoms with Crippen LogP contribution in [-0.4, -0.2) is 66.4 Å². The second-order valence-corrected chi connectivity index (χ2v) is 9.08. The van der Waals surface area contributed by atoms with Crippen molar-refractivity contribution in [2.24, 2.45) is 0 Å². The van der Waals surface area contributed by atoms with Gasteiger partial charge < -0.3 is 19.9 Å². The molecule has 8 nitrogen and oxygen atoms in total. The molecule has 0 aromatic heterocycles. The van der Waals surface area contributed by atoms with Crippen molar-refractivity contribution >= 4 is 18.0 Å². The third-order valence-electron chi connectivity index (χ3n) is 5.40. The normalized spacial score (nSPS) is 13.6. The summed E-state index contributed by atoms with van der Waals surface area (Å²) in [6, 6.07) is 14.6. The van der Waals surface area contributed by atoms with Crippen LogP contribution in [0, 0.1) is 0 Å². The Bertz CT molecular complexity index is 984. The number of benzene rings is 2. The van der Waals surface area contributed by atoms with Gasteiger partial charge in [-0.3, -0.25) is 9.69 Å². The summed E-state index contributed by atoms with van der Waals surface area (Å²) in [5, 5.41) is 12.3. The topological polar surface area (TPSA) is 105 Å². The molecule has 176 valence electrons. The largest absolute Gasteiger partial charge is 0.480 e. The molecular weight excluding hydrogens is 424 g/mol. The Labute approximate surface area is 193 Å². The third-order valence-corrected chi connectivity index (χ3v) is 5.40. The number of aliphatic carboxylic acids is 1. The molecule has 0 bridgehead atoms. The van der Waals surface area contributed by atoms with Crippen molar-refractivity contribution in [2.75, 3.05) is 26.9 Å². The van der Waals surface area contributed by atoms with Crippen molar-refractivity contribution < 1.29 is 29.0 Å². The summed E-state index contributed by atoms with van der Waals surface area (Å²) in [6.07, 6.45) is -0.771. The second-order valence-electron chi connectivity index (χ2n) is 9.08. The summed E-state index contributed by atoms with van der Waals surface area (Å²) in [5.74, 6) is -1.74. The maximum absolute atomic E-state index is 12.7. The summed E-state index contributed by atoms with van der Waals surface area (Å²) < 4.78 is 10.8. The van der Waals surface area contributed by atoms with E-state index in [0.717, 1.165) is 27.2 Å². The van der Waals surface area contributed by atoms with Crippen LogP contribution in [0.4, 0.5) is 4.79 Å². The predicted octanol–water partition coefficient (Wildman–Crippen LogP) is 3.25. The van der Waals surface area contributed by atoms with E-state index in [9.17, 15) is 19.5 Å². The fourth-order valence-corrected chi connectivity index (χ4v) is 3.89. The number of carboxylic acids is 1. The lowest BCUT2D eigenvalue weighted by atomic mass is 9.98. The van der Waals surface area contributed by atoms with Crippen LogP contribution in [0.25, 0.3) is 11.1 Å². The highest BCUT2D eigenvalue weighted by Crippen LogP contribution is 2.44. The van der Waals surface area contributed by atoms with Crippen molar-refractivity contribution in [3.8, 4) is 11.1 Å². The molecule has 1 aliphatic carbocycles. The summed E-state index contributed by atoms with van der Waals surface area (Å²) in [7, 11) is 1.34. The molecule has 0 unspecified atom stereocenters. The highest BCUT2D eigenvalue weighted by molar-refractivity contribution is 5.81. The number of fused-ring (bicyclic) bond motifs is 3. The van der Waals surface area contributed by atoms with Gasteiger partial charge in [0.25, 0.3) is 0 Å². The van der Waals surface area contributed by atoms with Gasteiger partial charge in [-0.1, -0.05) is 48.5 Å². The lowest BCUT2D eigenvalue weighted by molar-refractivity contribution is -0.145. The van der Waals surface area contributed by atoms with Gasteiger partial charge in [0.05, 0.1) is 6.61 Å². The minimum absolute atomic E-state index is 0.0817. The standard InChI is InChI=1S/C25H30N2O6/c1-25(2,3)26-22(28)15-32-14-21(23(29)30)27(4)24(31)33-13-20-18-11-7-5-9-16(18)17-10-6-8-12-19(17)20/h5-12,20-21H,13-15H2,1-4H3,(H,26,28)(H,29,30)/t21-/m0/s1. The van der Waals surface area contributed by atoms with Gasteiger partial charge in [0.2, 0.25) is 5.91 Å². The average Bonchev–Trinajstić information content (AvgIpc) is 3.07. The summed E-state index contributed by atoms with van der Waals surface area (Å²) in [6.45, 7) is 4.92. The highest BCUT2D eigenvalue weighted by Gasteiger charge is 2.32. The Kier molecular flexibility index (Phi) is 7.38. The average molecular weight is 455 g/mol. The monoisotopic (exact) mass is 454 g/mol. The van der Waals surface area contributed by atoms with E-state index in [0.29, 0.717) is 0 Å². The van der Waals surface area contributed by atoms with Crippen LogP contribution in [0.15, 0.2) is 48.5 Å². The number of carboxylic acid groups (broad SMARTS) is 1. The van der Waals surface area contributed by atoms with Crippen molar-refractivity contribution in [3.05, 3.63) is 59.7 Å². The minimum Gasteiger partial charge on any atom is -0.480 e. The Hall–Kier alpha value is -3.39. The molecule has 1 aliphatic rings. The van der Waals surface area contributed by atoms with Gasteiger partial charge in [-0.25, -0.2) is 9.59 Å². The van der Waals surface area contributed by atoms with Crippen LogP contribution >= 0.6 is 0 Å². The van der Waals surface area contributed by atoms with Crippen molar-refractivity contribution in [3.63, 3.8) is 0 Å². The zero-order chi connectivity index (χ0) is 24.2. The molecule has 33 heavy (non-hydrogen) atoms. The third kappa shape index (κ3) is 5.90. The van der Waals surface area contributed by atoms with E-state index in [1.165, 1.54) is 7.05 Å². The molecule has 3 rings (SSSR count). The van der Waals surface area contributed by atoms with Crippen LogP contribution in [0.3, 0.4) is 0 Å². The number of carbonyl (C=O) groups excluding carboxylic acids is 2. The van der Waals surface area contributed by atoms with Gasteiger partial charge in [0, 0.05) is 18.5 Å². The SMILES string of the molecule is CN(C(=O)OCC1c2ccccc2-c2ccccc21)[C@@H](COCC(=O)NC(C)(C)C)C(=O)O. The van der Waals surface area contributed by atoms with Gasteiger partial charge in [0.1, 0.15) is 13.2 Å². The van der Waals surface area contributed by atoms with Crippen LogP contribution < -0.4 is 5.32 Å². The predicted molar refractivity (Wildman–Crippen MR) is 123 cm³/mol. The van der Waals surface area contributed by atoms with Gasteiger partial charge in [-0.05, 0) is 43.0 Å². The molecule has 0 radical (unpaired) electrons. The summed E-state index contributed by atoms with van der Waals surface area (Å²) in [5.41, 5.74) is 3.92. The number of likely N-dealkylation sites (N-methyl/N-ethyl adjacent to an activating group) is 1. The van der Waals surface area contributed by atoms with E-state index < -0.39 is 23.6 Å². The van der Waals surface area contributed by atoms with Crippen molar-refractivity contribution in [1.29, 1.82) is 0 Å². The molecule has 0 saturated heterocycles. The van der Waals surface area contributed by atoms with Crippen LogP contribution in [0.1, 0.15) is 37.8 Å². The van der Waals surface area contributed by atoms with E-state index in [2.05, 4.69) is 5.32 Å². The molecule has 2 aromatic carbocycles. The van der Waals surface area contributed by atoms with Gasteiger partial charge in [-0.15, -0.1) is 0 Å². The first-order valence-electron chi connectivity index (χ1n) is 10.8.